The molecule has 6 nitrogen and oxygen atoms in total. The molecule has 0 amide bonds. The minimum absolute atomic E-state index is 0.116. The minimum atomic E-state index is -3.77. The average molecular weight is 345 g/mol. The molecule has 0 fully saturated rings. The van der Waals surface area contributed by atoms with E-state index in [1.807, 2.05) is 17.7 Å². The van der Waals surface area contributed by atoms with Crippen molar-refractivity contribution in [3.05, 3.63) is 42.5 Å². The molecule has 0 aliphatic heterocycles. The second kappa shape index (κ2) is 7.51. The van der Waals surface area contributed by atoms with Gasteiger partial charge in [-0.3, -0.25) is 0 Å². The van der Waals surface area contributed by atoms with E-state index in [0.29, 0.717) is 13.0 Å². The monoisotopic (exact) mass is 345 g/mol. The summed E-state index contributed by atoms with van der Waals surface area (Å²) in [7, 11) is -3.77. The van der Waals surface area contributed by atoms with Crippen LogP contribution in [0.2, 0.25) is 0 Å². The Hall–Kier alpha value is -2.00. The highest BCUT2D eigenvalue weighted by Crippen LogP contribution is 2.19. The van der Waals surface area contributed by atoms with Gasteiger partial charge in [-0.1, -0.05) is 6.07 Å². The number of aryl methyl sites for hydroxylation is 2. The lowest BCUT2D eigenvalue weighted by Crippen LogP contribution is -2.25. The summed E-state index contributed by atoms with van der Waals surface area (Å²) in [4.78, 5) is 3.96. The van der Waals surface area contributed by atoms with E-state index < -0.39 is 16.6 Å². The van der Waals surface area contributed by atoms with Crippen molar-refractivity contribution < 1.29 is 21.9 Å². The van der Waals surface area contributed by atoms with Gasteiger partial charge in [0.05, 0.1) is 4.90 Å². The quantitative estimate of drug-likeness (QED) is 0.744. The van der Waals surface area contributed by atoms with E-state index in [2.05, 4.69) is 14.4 Å². The van der Waals surface area contributed by atoms with Crippen LogP contribution < -0.4 is 9.46 Å². The largest absolute Gasteiger partial charge is 0.435 e. The van der Waals surface area contributed by atoms with Gasteiger partial charge < -0.3 is 9.30 Å². The number of hydrogen-bond donors (Lipinski definition) is 1. The Balaban J connectivity index is 1.92. The maximum atomic E-state index is 12.2. The molecule has 0 aliphatic carbocycles. The lowest BCUT2D eigenvalue weighted by Gasteiger charge is -2.10. The molecule has 1 aromatic carbocycles. The maximum Gasteiger partial charge on any atom is 0.387 e. The topological polar surface area (TPSA) is 73.2 Å². The number of nitrogens with one attached hydrogen (secondary N) is 1. The molecular formula is C14H17F2N3O3S. The van der Waals surface area contributed by atoms with Crippen LogP contribution in [0.15, 0.2) is 41.6 Å². The van der Waals surface area contributed by atoms with Gasteiger partial charge >= 0.3 is 6.61 Å². The van der Waals surface area contributed by atoms with Gasteiger partial charge in [-0.05, 0) is 25.5 Å². The molecule has 1 aromatic heterocycles. The molecule has 0 spiro atoms. The standard InChI is InChI=1S/C14H17F2N3O3S/c1-11-17-7-9-19(11)8-3-6-18-23(20,21)13-5-2-4-12(10-13)22-14(15)16/h2,4-5,7,9-10,14,18H,3,6,8H2,1H3. The number of ether oxygens (including phenoxy) is 1. The number of benzene rings is 1. The summed E-state index contributed by atoms with van der Waals surface area (Å²) in [6.07, 6.45) is 4.06. The highest BCUT2D eigenvalue weighted by Gasteiger charge is 2.15. The molecule has 0 saturated carbocycles. The second-order valence-electron chi connectivity index (χ2n) is 4.77. The number of hydrogen-bond acceptors (Lipinski definition) is 4. The van der Waals surface area contributed by atoms with Crippen molar-refractivity contribution in [3.63, 3.8) is 0 Å². The van der Waals surface area contributed by atoms with Crippen molar-refractivity contribution in [2.75, 3.05) is 6.54 Å². The predicted molar refractivity (Wildman–Crippen MR) is 79.8 cm³/mol. The first-order valence-electron chi connectivity index (χ1n) is 6.91. The van der Waals surface area contributed by atoms with Crippen molar-refractivity contribution in [1.82, 2.24) is 14.3 Å². The van der Waals surface area contributed by atoms with Crippen LogP contribution in [0, 0.1) is 6.92 Å². The fraction of sp³-hybridized carbons (Fsp3) is 0.357. The highest BCUT2D eigenvalue weighted by atomic mass is 32.2. The summed E-state index contributed by atoms with van der Waals surface area (Å²) < 4.78 is 57.1. The molecule has 23 heavy (non-hydrogen) atoms. The summed E-state index contributed by atoms with van der Waals surface area (Å²) >= 11 is 0. The van der Waals surface area contributed by atoms with Crippen molar-refractivity contribution in [2.24, 2.45) is 0 Å². The number of rotatable bonds is 8. The fourth-order valence-electron chi connectivity index (χ4n) is 2.00. The van der Waals surface area contributed by atoms with Crippen LogP contribution in [0.3, 0.4) is 0 Å². The zero-order chi connectivity index (χ0) is 16.9. The van der Waals surface area contributed by atoms with Crippen LogP contribution in [-0.2, 0) is 16.6 Å². The molecule has 0 aliphatic rings. The Labute approximate surface area is 133 Å². The number of halogens is 2. The number of sulfonamides is 1. The smallest absolute Gasteiger partial charge is 0.387 e. The molecule has 0 unspecified atom stereocenters. The molecule has 126 valence electrons. The fourth-order valence-corrected chi connectivity index (χ4v) is 3.11. The van der Waals surface area contributed by atoms with Gasteiger partial charge in [0, 0.05) is 31.5 Å². The Morgan fingerprint density at radius 3 is 2.83 bits per heavy atom. The first kappa shape index (κ1) is 17.4. The summed E-state index contributed by atoms with van der Waals surface area (Å²) in [6, 6.07) is 5.00. The molecule has 0 atom stereocenters. The van der Waals surface area contributed by atoms with Crippen LogP contribution in [0.25, 0.3) is 0 Å². The predicted octanol–water partition coefficient (Wildman–Crippen LogP) is 2.16. The number of alkyl halides is 2. The van der Waals surface area contributed by atoms with Gasteiger partial charge in [0.25, 0.3) is 0 Å². The molecule has 2 rings (SSSR count). The van der Waals surface area contributed by atoms with E-state index in [1.165, 1.54) is 18.2 Å². The Bertz CT molecular complexity index is 747. The zero-order valence-electron chi connectivity index (χ0n) is 12.4. The third kappa shape index (κ3) is 5.00. The van der Waals surface area contributed by atoms with Crippen LogP contribution in [0.5, 0.6) is 5.75 Å². The van der Waals surface area contributed by atoms with Gasteiger partial charge in [0.15, 0.2) is 0 Å². The molecule has 1 heterocycles. The lowest BCUT2D eigenvalue weighted by molar-refractivity contribution is -0.0499. The number of imidazole rings is 1. The van der Waals surface area contributed by atoms with Crippen LogP contribution in [0.4, 0.5) is 8.78 Å². The lowest BCUT2D eigenvalue weighted by atomic mass is 10.3. The molecule has 0 bridgehead atoms. The number of nitrogens with zero attached hydrogens (tertiary/aromatic N) is 2. The first-order chi connectivity index (χ1) is 10.9. The Morgan fingerprint density at radius 1 is 1.39 bits per heavy atom. The molecule has 2 aromatic rings. The van der Waals surface area contributed by atoms with Crippen molar-refractivity contribution in [2.45, 2.75) is 31.4 Å². The molecular weight excluding hydrogens is 328 g/mol. The minimum Gasteiger partial charge on any atom is -0.435 e. The molecule has 0 saturated heterocycles. The zero-order valence-corrected chi connectivity index (χ0v) is 13.3. The molecule has 1 N–H and O–H groups in total. The van der Waals surface area contributed by atoms with Crippen molar-refractivity contribution in [3.8, 4) is 5.75 Å². The van der Waals surface area contributed by atoms with E-state index in [-0.39, 0.29) is 17.2 Å². The van der Waals surface area contributed by atoms with Crippen molar-refractivity contribution >= 4 is 10.0 Å². The number of aromatic nitrogens is 2. The van der Waals surface area contributed by atoms with Gasteiger partial charge in [-0.15, -0.1) is 0 Å². The van der Waals surface area contributed by atoms with E-state index in [4.69, 9.17) is 0 Å². The highest BCUT2D eigenvalue weighted by molar-refractivity contribution is 7.89. The summed E-state index contributed by atoms with van der Waals surface area (Å²) in [5.41, 5.74) is 0. The average Bonchev–Trinajstić information content (AvgIpc) is 2.89. The maximum absolute atomic E-state index is 12.2. The van der Waals surface area contributed by atoms with Gasteiger partial charge in [0.1, 0.15) is 11.6 Å². The SMILES string of the molecule is Cc1nccn1CCCNS(=O)(=O)c1cccc(OC(F)F)c1. The van der Waals surface area contributed by atoms with Crippen molar-refractivity contribution in [1.29, 1.82) is 0 Å². The van der Waals surface area contributed by atoms with Crippen LogP contribution >= 0.6 is 0 Å². The summed E-state index contributed by atoms with van der Waals surface area (Å²) in [5.74, 6) is 0.654. The van der Waals surface area contributed by atoms with E-state index in [0.717, 1.165) is 11.9 Å². The van der Waals surface area contributed by atoms with Gasteiger partial charge in [0.2, 0.25) is 10.0 Å². The van der Waals surface area contributed by atoms with E-state index in [9.17, 15) is 17.2 Å². The third-order valence-electron chi connectivity index (χ3n) is 3.13. The van der Waals surface area contributed by atoms with Gasteiger partial charge in [-0.2, -0.15) is 8.78 Å². The second-order valence-corrected chi connectivity index (χ2v) is 6.54. The van der Waals surface area contributed by atoms with Gasteiger partial charge in [-0.25, -0.2) is 18.1 Å². The van der Waals surface area contributed by atoms with Crippen LogP contribution in [0.1, 0.15) is 12.2 Å². The summed E-state index contributed by atoms with van der Waals surface area (Å²) in [6.45, 7) is -0.291. The van der Waals surface area contributed by atoms with E-state index >= 15 is 0 Å². The third-order valence-corrected chi connectivity index (χ3v) is 4.59. The Kier molecular flexibility index (Phi) is 5.67. The Morgan fingerprint density at radius 2 is 2.17 bits per heavy atom. The van der Waals surface area contributed by atoms with E-state index in [1.54, 1.807) is 6.20 Å². The molecule has 9 heteroatoms. The first-order valence-corrected chi connectivity index (χ1v) is 8.39. The van der Waals surface area contributed by atoms with Crippen LogP contribution in [-0.4, -0.2) is 31.1 Å². The molecule has 0 radical (unpaired) electrons. The summed E-state index contributed by atoms with van der Waals surface area (Å²) in [5, 5.41) is 0. The normalized spacial score (nSPS) is 11.8.